The molecule has 0 radical (unpaired) electrons. The molecule has 1 aliphatic rings. The standard InChI is InChI=1S/C14H15ClN4O2S/c1-16-14-17-8-10(15)13(19-14)18-11-4-2-3-5-12(11)22(20,21)9-6-7-9/h2-5,8-9H,6-7H2,1H3,(H2,16,17,18,19). The monoisotopic (exact) mass is 338 g/mol. The first kappa shape index (κ1) is 15.1. The second kappa shape index (κ2) is 5.73. The molecule has 116 valence electrons. The fourth-order valence-corrected chi connectivity index (χ4v) is 4.03. The minimum absolute atomic E-state index is 0.274. The molecule has 1 aromatic carbocycles. The molecule has 1 heterocycles. The zero-order chi connectivity index (χ0) is 15.7. The van der Waals surface area contributed by atoms with Crippen LogP contribution in [0.25, 0.3) is 0 Å². The molecule has 1 fully saturated rings. The molecule has 0 unspecified atom stereocenters. The van der Waals surface area contributed by atoms with Gasteiger partial charge in [0.1, 0.15) is 5.02 Å². The molecule has 0 spiro atoms. The molecule has 2 N–H and O–H groups in total. The van der Waals surface area contributed by atoms with Crippen LogP contribution in [-0.4, -0.2) is 30.7 Å². The number of anilines is 3. The molecule has 1 aliphatic carbocycles. The average molecular weight is 339 g/mol. The number of sulfone groups is 1. The van der Waals surface area contributed by atoms with E-state index in [0.29, 0.717) is 22.5 Å². The van der Waals surface area contributed by atoms with Crippen molar-refractivity contribution in [3.63, 3.8) is 0 Å². The Balaban J connectivity index is 2.00. The van der Waals surface area contributed by atoms with Gasteiger partial charge in [-0.05, 0) is 25.0 Å². The van der Waals surface area contributed by atoms with Crippen molar-refractivity contribution in [3.05, 3.63) is 35.5 Å². The van der Waals surface area contributed by atoms with E-state index in [2.05, 4.69) is 20.6 Å². The van der Waals surface area contributed by atoms with Crippen molar-refractivity contribution in [1.29, 1.82) is 0 Å². The van der Waals surface area contributed by atoms with Gasteiger partial charge in [0.15, 0.2) is 15.7 Å². The van der Waals surface area contributed by atoms with E-state index in [9.17, 15) is 8.42 Å². The highest BCUT2D eigenvalue weighted by Crippen LogP contribution is 2.37. The Bertz CT molecular complexity index is 806. The van der Waals surface area contributed by atoms with E-state index >= 15 is 0 Å². The number of aromatic nitrogens is 2. The van der Waals surface area contributed by atoms with Crippen molar-refractivity contribution in [2.75, 3.05) is 17.7 Å². The molecular formula is C14H15ClN4O2S. The lowest BCUT2D eigenvalue weighted by atomic mass is 10.3. The molecule has 3 rings (SSSR count). The van der Waals surface area contributed by atoms with Gasteiger partial charge < -0.3 is 10.6 Å². The average Bonchev–Trinajstić information content (AvgIpc) is 3.35. The van der Waals surface area contributed by atoms with Crippen LogP contribution < -0.4 is 10.6 Å². The molecule has 6 nitrogen and oxygen atoms in total. The first-order valence-corrected chi connectivity index (χ1v) is 8.75. The zero-order valence-corrected chi connectivity index (χ0v) is 13.4. The van der Waals surface area contributed by atoms with Crippen molar-refractivity contribution in [3.8, 4) is 0 Å². The van der Waals surface area contributed by atoms with E-state index in [4.69, 9.17) is 11.6 Å². The van der Waals surface area contributed by atoms with Gasteiger partial charge in [0.25, 0.3) is 0 Å². The predicted molar refractivity (Wildman–Crippen MR) is 86.5 cm³/mol. The SMILES string of the molecule is CNc1ncc(Cl)c(Nc2ccccc2S(=O)(=O)C2CC2)n1. The van der Waals surface area contributed by atoms with E-state index < -0.39 is 9.84 Å². The summed E-state index contributed by atoms with van der Waals surface area (Å²) in [6.45, 7) is 0. The van der Waals surface area contributed by atoms with Gasteiger partial charge in [-0.2, -0.15) is 4.98 Å². The molecule has 0 saturated heterocycles. The number of benzene rings is 1. The van der Waals surface area contributed by atoms with Gasteiger partial charge in [-0.25, -0.2) is 13.4 Å². The Morgan fingerprint density at radius 3 is 2.68 bits per heavy atom. The number of rotatable bonds is 5. The Kier molecular flexibility index (Phi) is 3.92. The van der Waals surface area contributed by atoms with Crippen molar-refractivity contribution in [1.82, 2.24) is 9.97 Å². The largest absolute Gasteiger partial charge is 0.357 e. The maximum Gasteiger partial charge on any atom is 0.224 e. The Hall–Kier alpha value is -1.86. The van der Waals surface area contributed by atoms with E-state index in [1.54, 1.807) is 31.3 Å². The zero-order valence-electron chi connectivity index (χ0n) is 11.9. The molecule has 0 aliphatic heterocycles. The van der Waals surface area contributed by atoms with Crippen molar-refractivity contribution in [2.24, 2.45) is 0 Å². The summed E-state index contributed by atoms with van der Waals surface area (Å²) >= 11 is 6.08. The molecule has 1 aromatic heterocycles. The van der Waals surface area contributed by atoms with Gasteiger partial charge in [-0.15, -0.1) is 0 Å². The topological polar surface area (TPSA) is 84.0 Å². The smallest absolute Gasteiger partial charge is 0.224 e. The summed E-state index contributed by atoms with van der Waals surface area (Å²) in [5.41, 5.74) is 0.469. The lowest BCUT2D eigenvalue weighted by Gasteiger charge is -2.13. The van der Waals surface area contributed by atoms with Gasteiger partial charge in [-0.1, -0.05) is 23.7 Å². The number of nitrogens with zero attached hydrogens (tertiary/aromatic N) is 2. The van der Waals surface area contributed by atoms with Crippen LogP contribution in [0.15, 0.2) is 35.4 Å². The Morgan fingerprint density at radius 1 is 1.27 bits per heavy atom. The molecule has 8 heteroatoms. The molecule has 1 saturated carbocycles. The third-order valence-corrected chi connectivity index (χ3v) is 5.97. The highest BCUT2D eigenvalue weighted by molar-refractivity contribution is 7.92. The van der Waals surface area contributed by atoms with Crippen LogP contribution in [0.4, 0.5) is 17.5 Å². The van der Waals surface area contributed by atoms with E-state index in [1.165, 1.54) is 6.20 Å². The van der Waals surface area contributed by atoms with E-state index in [1.807, 2.05) is 0 Å². The fourth-order valence-electron chi connectivity index (χ4n) is 2.08. The van der Waals surface area contributed by atoms with Crippen LogP contribution in [0.3, 0.4) is 0 Å². The number of nitrogens with one attached hydrogen (secondary N) is 2. The highest BCUT2D eigenvalue weighted by atomic mass is 35.5. The predicted octanol–water partition coefficient (Wildman–Crippen LogP) is 2.85. The molecule has 2 aromatic rings. The lowest BCUT2D eigenvalue weighted by molar-refractivity contribution is 0.595. The molecule has 0 bridgehead atoms. The second-order valence-corrected chi connectivity index (χ2v) is 7.61. The van der Waals surface area contributed by atoms with Gasteiger partial charge in [0, 0.05) is 7.05 Å². The second-order valence-electron chi connectivity index (χ2n) is 5.01. The molecular weight excluding hydrogens is 324 g/mol. The summed E-state index contributed by atoms with van der Waals surface area (Å²) in [7, 11) is -1.62. The van der Waals surface area contributed by atoms with Gasteiger partial charge >= 0.3 is 0 Å². The maximum absolute atomic E-state index is 12.5. The van der Waals surface area contributed by atoms with Crippen LogP contribution in [0.1, 0.15) is 12.8 Å². The minimum Gasteiger partial charge on any atom is -0.357 e. The minimum atomic E-state index is -3.31. The normalized spacial score (nSPS) is 14.6. The Morgan fingerprint density at radius 2 is 2.00 bits per heavy atom. The summed E-state index contributed by atoms with van der Waals surface area (Å²) in [5.74, 6) is 0.758. The first-order valence-electron chi connectivity index (χ1n) is 6.82. The third-order valence-electron chi connectivity index (χ3n) is 3.38. The first-order chi connectivity index (χ1) is 10.5. The third kappa shape index (κ3) is 2.86. The summed E-state index contributed by atoms with van der Waals surface area (Å²) in [6, 6.07) is 6.78. The maximum atomic E-state index is 12.5. The Labute approximate surface area is 133 Å². The number of halogens is 1. The summed E-state index contributed by atoms with van der Waals surface area (Å²) < 4.78 is 25.0. The van der Waals surface area contributed by atoms with Crippen molar-refractivity contribution >= 4 is 38.9 Å². The van der Waals surface area contributed by atoms with Gasteiger partial charge in [0.2, 0.25) is 5.95 Å². The van der Waals surface area contributed by atoms with E-state index in [0.717, 1.165) is 12.8 Å². The quantitative estimate of drug-likeness (QED) is 0.872. The summed E-state index contributed by atoms with van der Waals surface area (Å²) in [4.78, 5) is 8.48. The van der Waals surface area contributed by atoms with Gasteiger partial charge in [-0.3, -0.25) is 0 Å². The van der Waals surface area contributed by atoms with Crippen molar-refractivity contribution < 1.29 is 8.42 Å². The number of hydrogen-bond acceptors (Lipinski definition) is 6. The lowest BCUT2D eigenvalue weighted by Crippen LogP contribution is -2.10. The van der Waals surface area contributed by atoms with E-state index in [-0.39, 0.29) is 10.1 Å². The number of hydrogen-bond donors (Lipinski definition) is 2. The molecule has 22 heavy (non-hydrogen) atoms. The van der Waals surface area contributed by atoms with Crippen LogP contribution in [-0.2, 0) is 9.84 Å². The highest BCUT2D eigenvalue weighted by Gasteiger charge is 2.38. The van der Waals surface area contributed by atoms with Crippen LogP contribution >= 0.6 is 11.6 Å². The van der Waals surface area contributed by atoms with Crippen LogP contribution in [0.5, 0.6) is 0 Å². The molecule has 0 atom stereocenters. The van der Waals surface area contributed by atoms with Gasteiger partial charge in [0.05, 0.1) is 22.0 Å². The van der Waals surface area contributed by atoms with Crippen LogP contribution in [0.2, 0.25) is 5.02 Å². The molecule has 0 amide bonds. The fraction of sp³-hybridized carbons (Fsp3) is 0.286. The number of para-hydroxylation sites is 1. The van der Waals surface area contributed by atoms with Crippen molar-refractivity contribution in [2.45, 2.75) is 23.0 Å². The summed E-state index contributed by atoms with van der Waals surface area (Å²) in [6.07, 6.45) is 2.89. The van der Waals surface area contributed by atoms with Crippen LogP contribution in [0, 0.1) is 0 Å². The summed E-state index contributed by atoms with van der Waals surface area (Å²) in [5, 5.41) is 5.86.